The van der Waals surface area contributed by atoms with Crippen molar-refractivity contribution in [3.63, 3.8) is 0 Å². The zero-order valence-corrected chi connectivity index (χ0v) is 9.75. The van der Waals surface area contributed by atoms with Crippen LogP contribution in [0.25, 0.3) is 0 Å². The van der Waals surface area contributed by atoms with Gasteiger partial charge in [0.25, 0.3) is 0 Å². The molecule has 0 aromatic heterocycles. The maximum Gasteiger partial charge on any atom is 0.118 e. The molecule has 0 unspecified atom stereocenters. The number of ether oxygens (including phenoxy) is 1. The lowest BCUT2D eigenvalue weighted by atomic mass is 9.82. The summed E-state index contributed by atoms with van der Waals surface area (Å²) in [5.74, 6) is 0.954. The summed E-state index contributed by atoms with van der Waals surface area (Å²) in [7, 11) is 1.72. The van der Waals surface area contributed by atoms with Gasteiger partial charge in [-0.3, -0.25) is 0 Å². The second-order valence-corrected chi connectivity index (χ2v) is 5.04. The maximum atomic E-state index is 5.16. The van der Waals surface area contributed by atoms with Crippen LogP contribution < -0.4 is 4.74 Å². The summed E-state index contributed by atoms with van der Waals surface area (Å²) >= 11 is 0. The molecule has 15 heavy (non-hydrogen) atoms. The minimum atomic E-state index is 0.550. The highest BCUT2D eigenvalue weighted by molar-refractivity contribution is 5.27. The van der Waals surface area contributed by atoms with E-state index in [0.29, 0.717) is 5.41 Å². The van der Waals surface area contributed by atoms with Gasteiger partial charge in [-0.2, -0.15) is 0 Å². The number of methoxy groups -OCH3 is 1. The number of rotatable bonds is 3. The number of hydrogen-bond acceptors (Lipinski definition) is 1. The topological polar surface area (TPSA) is 9.23 Å². The van der Waals surface area contributed by atoms with Crippen LogP contribution in [0.2, 0.25) is 0 Å². The van der Waals surface area contributed by atoms with Crippen molar-refractivity contribution in [3.05, 3.63) is 29.8 Å². The Hall–Kier alpha value is -0.980. The molecule has 0 radical (unpaired) electrons. The SMILES string of the molecule is COc1ccc(CC2(C)CCCC2)cc1. The standard InChI is InChI=1S/C14H20O/c1-14(9-3-4-10-14)11-12-5-7-13(15-2)8-6-12/h5-8H,3-4,9-11H2,1-2H3. The van der Waals surface area contributed by atoms with Crippen molar-refractivity contribution in [2.45, 2.75) is 39.0 Å². The molecule has 0 amide bonds. The molecular weight excluding hydrogens is 184 g/mol. The van der Waals surface area contributed by atoms with Crippen molar-refractivity contribution >= 4 is 0 Å². The first-order valence-corrected chi connectivity index (χ1v) is 5.85. The van der Waals surface area contributed by atoms with Gasteiger partial charge < -0.3 is 4.74 Å². The Morgan fingerprint density at radius 2 is 1.73 bits per heavy atom. The Labute approximate surface area is 92.5 Å². The smallest absolute Gasteiger partial charge is 0.118 e. The monoisotopic (exact) mass is 204 g/mol. The van der Waals surface area contributed by atoms with Crippen LogP contribution in [0.3, 0.4) is 0 Å². The molecule has 1 aromatic carbocycles. The van der Waals surface area contributed by atoms with E-state index in [1.807, 2.05) is 0 Å². The normalized spacial score (nSPS) is 19.1. The molecule has 1 fully saturated rings. The van der Waals surface area contributed by atoms with Crippen LogP contribution in [0.4, 0.5) is 0 Å². The first-order valence-electron chi connectivity index (χ1n) is 5.85. The largest absolute Gasteiger partial charge is 0.497 e. The molecule has 2 rings (SSSR count). The predicted octanol–water partition coefficient (Wildman–Crippen LogP) is 3.82. The summed E-state index contributed by atoms with van der Waals surface area (Å²) in [4.78, 5) is 0. The molecule has 1 nitrogen and oxygen atoms in total. The highest BCUT2D eigenvalue weighted by Gasteiger charge is 2.28. The van der Waals surface area contributed by atoms with Crippen LogP contribution in [0.1, 0.15) is 38.2 Å². The van der Waals surface area contributed by atoms with E-state index in [0.717, 1.165) is 5.75 Å². The van der Waals surface area contributed by atoms with Crippen molar-refractivity contribution in [2.24, 2.45) is 5.41 Å². The summed E-state index contributed by atoms with van der Waals surface area (Å²) in [6.45, 7) is 2.42. The van der Waals surface area contributed by atoms with Crippen molar-refractivity contribution in [1.29, 1.82) is 0 Å². The lowest BCUT2D eigenvalue weighted by Crippen LogP contribution is -2.14. The molecule has 1 aliphatic carbocycles. The molecule has 1 aromatic rings. The molecule has 0 heterocycles. The molecule has 1 aliphatic rings. The molecule has 1 saturated carbocycles. The van der Waals surface area contributed by atoms with Crippen LogP contribution >= 0.6 is 0 Å². The van der Waals surface area contributed by atoms with Crippen LogP contribution in [0, 0.1) is 5.41 Å². The maximum absolute atomic E-state index is 5.16. The van der Waals surface area contributed by atoms with E-state index in [4.69, 9.17) is 4.74 Å². The van der Waals surface area contributed by atoms with Crippen LogP contribution in [-0.4, -0.2) is 7.11 Å². The fourth-order valence-electron chi connectivity index (χ4n) is 2.64. The molecule has 0 bridgehead atoms. The molecule has 0 atom stereocenters. The highest BCUT2D eigenvalue weighted by atomic mass is 16.5. The quantitative estimate of drug-likeness (QED) is 0.727. The Morgan fingerprint density at radius 3 is 2.27 bits per heavy atom. The summed E-state index contributed by atoms with van der Waals surface area (Å²) in [5, 5.41) is 0. The van der Waals surface area contributed by atoms with Crippen molar-refractivity contribution in [3.8, 4) is 5.75 Å². The lowest BCUT2D eigenvalue weighted by Gasteiger charge is -2.23. The minimum absolute atomic E-state index is 0.550. The van der Waals surface area contributed by atoms with Gasteiger partial charge in [0, 0.05) is 0 Å². The predicted molar refractivity (Wildman–Crippen MR) is 63.3 cm³/mol. The van der Waals surface area contributed by atoms with Crippen molar-refractivity contribution < 1.29 is 4.74 Å². The first-order chi connectivity index (χ1) is 7.22. The zero-order chi connectivity index (χ0) is 10.7. The van der Waals surface area contributed by atoms with Gasteiger partial charge in [0.05, 0.1) is 7.11 Å². The van der Waals surface area contributed by atoms with E-state index >= 15 is 0 Å². The van der Waals surface area contributed by atoms with E-state index in [-0.39, 0.29) is 0 Å². The third-order valence-corrected chi connectivity index (χ3v) is 3.60. The molecule has 0 saturated heterocycles. The van der Waals surface area contributed by atoms with Gasteiger partial charge in [0.15, 0.2) is 0 Å². The molecule has 0 aliphatic heterocycles. The van der Waals surface area contributed by atoms with Crippen molar-refractivity contribution in [2.75, 3.05) is 7.11 Å². The molecule has 1 heteroatoms. The van der Waals surface area contributed by atoms with E-state index in [1.165, 1.54) is 37.7 Å². The van der Waals surface area contributed by atoms with Gasteiger partial charge >= 0.3 is 0 Å². The first kappa shape index (κ1) is 10.5. The van der Waals surface area contributed by atoms with Crippen molar-refractivity contribution in [1.82, 2.24) is 0 Å². The van der Waals surface area contributed by atoms with Gasteiger partial charge in [0.1, 0.15) is 5.75 Å². The van der Waals surface area contributed by atoms with E-state index in [1.54, 1.807) is 7.11 Å². The Balaban J connectivity index is 2.04. The van der Waals surface area contributed by atoms with Crippen LogP contribution in [-0.2, 0) is 6.42 Å². The molecule has 0 N–H and O–H groups in total. The minimum Gasteiger partial charge on any atom is -0.497 e. The number of hydrogen-bond donors (Lipinski definition) is 0. The summed E-state index contributed by atoms with van der Waals surface area (Å²) in [6, 6.07) is 8.52. The zero-order valence-electron chi connectivity index (χ0n) is 9.75. The van der Waals surface area contributed by atoms with Gasteiger partial charge in [-0.15, -0.1) is 0 Å². The van der Waals surface area contributed by atoms with Crippen LogP contribution in [0.5, 0.6) is 5.75 Å². The number of benzene rings is 1. The van der Waals surface area contributed by atoms with Gasteiger partial charge in [-0.1, -0.05) is 31.9 Å². The molecule has 0 spiro atoms. The second kappa shape index (κ2) is 4.26. The average molecular weight is 204 g/mol. The van der Waals surface area contributed by atoms with E-state index in [2.05, 4.69) is 31.2 Å². The third-order valence-electron chi connectivity index (χ3n) is 3.60. The molecular formula is C14H20O. The Bertz CT molecular complexity index is 307. The third kappa shape index (κ3) is 2.53. The Kier molecular flexibility index (Phi) is 2.99. The average Bonchev–Trinajstić information content (AvgIpc) is 2.66. The second-order valence-electron chi connectivity index (χ2n) is 5.04. The van der Waals surface area contributed by atoms with Gasteiger partial charge in [-0.05, 0) is 42.4 Å². The fourth-order valence-corrected chi connectivity index (χ4v) is 2.64. The summed E-state index contributed by atoms with van der Waals surface area (Å²) < 4.78 is 5.16. The highest BCUT2D eigenvalue weighted by Crippen LogP contribution is 2.40. The summed E-state index contributed by atoms with van der Waals surface area (Å²) in [5.41, 5.74) is 1.99. The Morgan fingerprint density at radius 1 is 1.13 bits per heavy atom. The van der Waals surface area contributed by atoms with E-state index < -0.39 is 0 Å². The molecule has 82 valence electrons. The van der Waals surface area contributed by atoms with Crippen LogP contribution in [0.15, 0.2) is 24.3 Å². The summed E-state index contributed by atoms with van der Waals surface area (Å²) in [6.07, 6.45) is 6.81. The van der Waals surface area contributed by atoms with Gasteiger partial charge in [0.2, 0.25) is 0 Å². The fraction of sp³-hybridized carbons (Fsp3) is 0.571. The van der Waals surface area contributed by atoms with Gasteiger partial charge in [-0.25, -0.2) is 0 Å². The van der Waals surface area contributed by atoms with E-state index in [9.17, 15) is 0 Å². The lowest BCUT2D eigenvalue weighted by molar-refractivity contribution is 0.334.